The van der Waals surface area contributed by atoms with Gasteiger partial charge in [-0.15, -0.1) is 0 Å². The summed E-state index contributed by atoms with van der Waals surface area (Å²) in [6.07, 6.45) is -3.10. The summed E-state index contributed by atoms with van der Waals surface area (Å²) in [5, 5.41) is 23.4. The first-order valence-electron chi connectivity index (χ1n) is 9.95. The molecule has 3 N–H and O–H groups in total. The van der Waals surface area contributed by atoms with E-state index in [0.717, 1.165) is 12.1 Å². The predicted octanol–water partition coefficient (Wildman–Crippen LogP) is 4.30. The minimum absolute atomic E-state index is 0.00880. The molecule has 0 amide bonds. The third-order valence-corrected chi connectivity index (χ3v) is 5.64. The summed E-state index contributed by atoms with van der Waals surface area (Å²) in [6.45, 7) is 1.58. The quantitative estimate of drug-likeness (QED) is 0.300. The van der Waals surface area contributed by atoms with E-state index in [0.29, 0.717) is 5.56 Å². The number of fused-ring (bicyclic) bond motifs is 1. The number of hydrazone groups is 1. The van der Waals surface area contributed by atoms with Crippen molar-refractivity contribution < 1.29 is 22.7 Å². The lowest BCUT2D eigenvalue weighted by molar-refractivity contribution is -0.0968. The van der Waals surface area contributed by atoms with Crippen molar-refractivity contribution in [3.8, 4) is 6.07 Å². The topological polar surface area (TPSA) is 94.8 Å². The van der Waals surface area contributed by atoms with E-state index in [2.05, 4.69) is 10.1 Å². The molecule has 2 atom stereocenters. The Balaban J connectivity index is 2.22. The molecule has 0 heterocycles. The minimum Gasteiger partial charge on any atom is -0.382 e. The largest absolute Gasteiger partial charge is 0.382 e. The highest BCUT2D eigenvalue weighted by molar-refractivity contribution is 6.38. The monoisotopic (exact) mass is 446 g/mol. The van der Waals surface area contributed by atoms with Crippen molar-refractivity contribution in [2.75, 3.05) is 7.05 Å². The Bertz CT molecular complexity index is 1140. The first-order valence-corrected chi connectivity index (χ1v) is 9.95. The molecule has 1 aliphatic rings. The highest BCUT2D eigenvalue weighted by Crippen LogP contribution is 2.46. The molecule has 1 aliphatic carbocycles. The van der Waals surface area contributed by atoms with Gasteiger partial charge in [-0.2, -0.15) is 10.4 Å². The van der Waals surface area contributed by atoms with Gasteiger partial charge in [-0.3, -0.25) is 4.99 Å². The number of alkyl halides is 3. The molecular formula is C23H22F4N4O. The Kier molecular flexibility index (Phi) is 6.65. The molecule has 168 valence electrons. The maximum Gasteiger partial charge on any atom is 0.281 e. The molecule has 5 nitrogen and oxygen atoms in total. The molecule has 0 aliphatic heterocycles. The average Bonchev–Trinajstić information content (AvgIpc) is 3.02. The lowest BCUT2D eigenvalue weighted by Crippen LogP contribution is -2.22. The number of nitriles is 1. The van der Waals surface area contributed by atoms with Crippen LogP contribution in [0.3, 0.4) is 0 Å². The van der Waals surface area contributed by atoms with Crippen LogP contribution in [0.25, 0.3) is 0 Å². The second-order valence-corrected chi connectivity index (χ2v) is 7.59. The summed E-state index contributed by atoms with van der Waals surface area (Å²) in [5.74, 6) is 1.21. The van der Waals surface area contributed by atoms with E-state index in [4.69, 9.17) is 5.84 Å². The second kappa shape index (κ2) is 9.09. The van der Waals surface area contributed by atoms with Crippen molar-refractivity contribution >= 4 is 11.9 Å². The van der Waals surface area contributed by atoms with Crippen LogP contribution in [0, 0.1) is 17.1 Å². The highest BCUT2D eigenvalue weighted by atomic mass is 19.3. The van der Waals surface area contributed by atoms with E-state index in [1.807, 2.05) is 6.07 Å². The molecular weight excluding hydrogens is 424 g/mol. The molecule has 0 saturated carbocycles. The Labute approximate surface area is 182 Å². The van der Waals surface area contributed by atoms with Crippen molar-refractivity contribution in [3.63, 3.8) is 0 Å². The van der Waals surface area contributed by atoms with Crippen LogP contribution in [0.15, 0.2) is 34.4 Å². The number of aliphatic hydroxyl groups is 1. The van der Waals surface area contributed by atoms with Crippen molar-refractivity contribution in [1.82, 2.24) is 0 Å². The smallest absolute Gasteiger partial charge is 0.281 e. The van der Waals surface area contributed by atoms with Gasteiger partial charge in [0.05, 0.1) is 11.6 Å². The highest BCUT2D eigenvalue weighted by Gasteiger charge is 2.49. The van der Waals surface area contributed by atoms with Gasteiger partial charge < -0.3 is 10.9 Å². The SMILES string of the molecule is CCC(F)c1cc(F)cc(C#N)c1Cc1ccc(/C(C=NC)=N/N)c2c1CC(F)(F)C2O. The van der Waals surface area contributed by atoms with E-state index >= 15 is 0 Å². The van der Waals surface area contributed by atoms with E-state index in [1.165, 1.54) is 19.3 Å². The normalized spacial score (nSPS) is 18.6. The van der Waals surface area contributed by atoms with Gasteiger partial charge in [0, 0.05) is 25.2 Å². The molecule has 0 fully saturated rings. The summed E-state index contributed by atoms with van der Waals surface area (Å²) < 4.78 is 57.6. The Morgan fingerprint density at radius 2 is 2.12 bits per heavy atom. The maximum absolute atomic E-state index is 14.6. The first-order chi connectivity index (χ1) is 15.2. The zero-order valence-electron chi connectivity index (χ0n) is 17.5. The molecule has 0 saturated heterocycles. The van der Waals surface area contributed by atoms with E-state index in [1.54, 1.807) is 13.0 Å². The Hall–Kier alpha value is -3.25. The summed E-state index contributed by atoms with van der Waals surface area (Å²) in [7, 11) is 1.46. The van der Waals surface area contributed by atoms with Crippen LogP contribution in [0.4, 0.5) is 17.6 Å². The zero-order valence-corrected chi connectivity index (χ0v) is 17.5. The molecule has 9 heteroatoms. The third-order valence-electron chi connectivity index (χ3n) is 5.64. The molecule has 2 unspecified atom stereocenters. The zero-order chi connectivity index (χ0) is 23.6. The van der Waals surface area contributed by atoms with Gasteiger partial charge in [-0.1, -0.05) is 19.1 Å². The van der Waals surface area contributed by atoms with Crippen molar-refractivity contribution in [2.45, 2.75) is 44.4 Å². The van der Waals surface area contributed by atoms with E-state index in [9.17, 15) is 27.9 Å². The van der Waals surface area contributed by atoms with Gasteiger partial charge in [-0.05, 0) is 52.8 Å². The fraction of sp³-hybridized carbons (Fsp3) is 0.348. The van der Waals surface area contributed by atoms with Gasteiger partial charge >= 0.3 is 0 Å². The number of nitrogens with zero attached hydrogens (tertiary/aromatic N) is 3. The van der Waals surface area contributed by atoms with Crippen LogP contribution in [0.5, 0.6) is 0 Å². The summed E-state index contributed by atoms with van der Waals surface area (Å²) in [6, 6.07) is 6.92. The molecule has 0 radical (unpaired) electrons. The number of hydrogen-bond acceptors (Lipinski definition) is 5. The van der Waals surface area contributed by atoms with Crippen LogP contribution < -0.4 is 5.84 Å². The molecule has 32 heavy (non-hydrogen) atoms. The lowest BCUT2D eigenvalue weighted by Gasteiger charge is -2.18. The molecule has 2 aromatic rings. The van der Waals surface area contributed by atoms with Gasteiger partial charge in [0.15, 0.2) is 0 Å². The average molecular weight is 446 g/mol. The number of aliphatic hydroxyl groups excluding tert-OH is 1. The van der Waals surface area contributed by atoms with Crippen LogP contribution in [-0.2, 0) is 12.8 Å². The molecule has 0 bridgehead atoms. The fourth-order valence-corrected chi connectivity index (χ4v) is 4.10. The maximum atomic E-state index is 14.6. The van der Waals surface area contributed by atoms with E-state index in [-0.39, 0.29) is 51.9 Å². The number of benzene rings is 2. The van der Waals surface area contributed by atoms with Gasteiger partial charge in [-0.25, -0.2) is 17.6 Å². The fourth-order valence-electron chi connectivity index (χ4n) is 4.10. The lowest BCUT2D eigenvalue weighted by atomic mass is 9.87. The van der Waals surface area contributed by atoms with Crippen molar-refractivity contribution in [3.05, 3.63) is 69.0 Å². The molecule has 2 aromatic carbocycles. The second-order valence-electron chi connectivity index (χ2n) is 7.59. The van der Waals surface area contributed by atoms with Gasteiger partial charge in [0.2, 0.25) is 0 Å². The molecule has 0 spiro atoms. The Morgan fingerprint density at radius 1 is 1.41 bits per heavy atom. The van der Waals surface area contributed by atoms with Crippen LogP contribution in [-0.4, -0.2) is 30.0 Å². The predicted molar refractivity (Wildman–Crippen MR) is 113 cm³/mol. The molecule has 0 aromatic heterocycles. The van der Waals surface area contributed by atoms with Crippen molar-refractivity contribution in [2.24, 2.45) is 15.9 Å². The Morgan fingerprint density at radius 3 is 2.72 bits per heavy atom. The number of nitrogens with two attached hydrogens (primary N) is 1. The van der Waals surface area contributed by atoms with Crippen LogP contribution >= 0.6 is 0 Å². The van der Waals surface area contributed by atoms with E-state index < -0.39 is 30.4 Å². The number of rotatable bonds is 6. The standard InChI is InChI=1S/C23H22F4N4O/c1-3-19(25)17-8-14(24)6-13(10-28)16(17)7-12-4-5-15(20(31-29)11-30-2)21-18(12)9-23(26,27)22(21)32/h4-6,8,11,19,22,32H,3,7,9,29H2,1-2H3/b30-11?,31-20+. The van der Waals surface area contributed by atoms with Crippen LogP contribution in [0.1, 0.15) is 64.6 Å². The number of aliphatic imine (C=N–C) groups is 1. The van der Waals surface area contributed by atoms with Crippen molar-refractivity contribution in [1.29, 1.82) is 5.26 Å². The summed E-state index contributed by atoms with van der Waals surface area (Å²) in [4.78, 5) is 3.81. The third kappa shape index (κ3) is 4.10. The number of hydrogen-bond donors (Lipinski definition) is 2. The summed E-state index contributed by atoms with van der Waals surface area (Å²) >= 11 is 0. The van der Waals surface area contributed by atoms with Gasteiger partial charge in [0.25, 0.3) is 5.92 Å². The molecule has 3 rings (SSSR count). The van der Waals surface area contributed by atoms with Gasteiger partial charge in [0.1, 0.15) is 23.8 Å². The summed E-state index contributed by atoms with van der Waals surface area (Å²) in [5.41, 5.74) is 0.988. The minimum atomic E-state index is -3.44. The van der Waals surface area contributed by atoms with Crippen LogP contribution in [0.2, 0.25) is 0 Å². The number of halogens is 4. The first kappa shape index (κ1) is 23.4.